The highest BCUT2D eigenvalue weighted by Gasteiger charge is 2.27. The highest BCUT2D eigenvalue weighted by atomic mass is 16.3. The highest BCUT2D eigenvalue weighted by molar-refractivity contribution is 6.30. The molecular weight excluding hydrogens is 773 g/mol. The first kappa shape index (κ1) is 35.5. The fraction of sp³-hybridized carbons (Fsp3) is 0.0345. The van der Waals surface area contributed by atoms with Crippen LogP contribution in [0.25, 0.3) is 87.4 Å². The topological polar surface area (TPSA) is 45.9 Å². The first-order valence-corrected chi connectivity index (χ1v) is 21.4. The molecule has 0 N–H and O–H groups in total. The molecular formula is C58H38N2O3. The molecule has 0 saturated heterocycles. The van der Waals surface area contributed by atoms with Gasteiger partial charge in [-0.05, 0) is 72.1 Å². The molecule has 0 aliphatic rings. The van der Waals surface area contributed by atoms with Gasteiger partial charge >= 0.3 is 0 Å². The van der Waals surface area contributed by atoms with Crippen LogP contribution in [0.5, 0.6) is 0 Å². The van der Waals surface area contributed by atoms with E-state index in [0.717, 1.165) is 133 Å². The Morgan fingerprint density at radius 3 is 1.06 bits per heavy atom. The fourth-order valence-corrected chi connectivity index (χ4v) is 10.0. The van der Waals surface area contributed by atoms with Crippen molar-refractivity contribution in [1.29, 1.82) is 0 Å². The molecule has 0 aliphatic carbocycles. The largest absolute Gasteiger partial charge is 0.456 e. The Balaban J connectivity index is 1.10. The van der Waals surface area contributed by atoms with Gasteiger partial charge in [0.05, 0.1) is 22.7 Å². The van der Waals surface area contributed by atoms with Crippen molar-refractivity contribution in [2.45, 2.75) is 13.8 Å². The standard InChI is InChI=1S/C58H38N2O3/c1-35-17-13-27-43-45-29-15-31-47(57(45)62-55(35)43)59(37-19-5-3-6-20-37)49-33-51-53(41-25-11-9-23-39(41)49)54-42-26-12-10-24-40(42)50(34-52(54)61-51)60(38-21-7-4-8-22-38)48-32-16-30-46-44-28-14-18-36(2)56(44)63-58(46)48/h3-34H,1-2H3. The van der Waals surface area contributed by atoms with Crippen molar-refractivity contribution in [3.63, 3.8) is 0 Å². The minimum atomic E-state index is 0.802. The predicted octanol–water partition coefficient (Wildman–Crippen LogP) is 17.2. The molecule has 13 rings (SSSR count). The maximum Gasteiger partial charge on any atom is 0.159 e. The Labute approximate surface area is 362 Å². The number of rotatable bonds is 6. The molecule has 5 nitrogen and oxygen atoms in total. The lowest BCUT2D eigenvalue weighted by Gasteiger charge is -2.27. The summed E-state index contributed by atoms with van der Waals surface area (Å²) in [6.45, 7) is 4.22. The zero-order valence-corrected chi connectivity index (χ0v) is 34.6. The maximum atomic E-state index is 7.20. The average molecular weight is 811 g/mol. The quantitative estimate of drug-likeness (QED) is 0.167. The van der Waals surface area contributed by atoms with Crippen LogP contribution in [-0.2, 0) is 0 Å². The number of para-hydroxylation sites is 6. The van der Waals surface area contributed by atoms with Crippen LogP contribution in [0.15, 0.2) is 207 Å². The maximum absolute atomic E-state index is 7.20. The van der Waals surface area contributed by atoms with E-state index in [4.69, 9.17) is 13.3 Å². The van der Waals surface area contributed by atoms with Crippen molar-refractivity contribution in [1.82, 2.24) is 0 Å². The van der Waals surface area contributed by atoms with Crippen LogP contribution in [0.2, 0.25) is 0 Å². The van der Waals surface area contributed by atoms with Crippen LogP contribution in [0.3, 0.4) is 0 Å². The van der Waals surface area contributed by atoms with Gasteiger partial charge in [0.1, 0.15) is 22.3 Å². The molecule has 63 heavy (non-hydrogen) atoms. The molecule has 10 aromatic carbocycles. The molecule has 0 radical (unpaired) electrons. The van der Waals surface area contributed by atoms with Crippen LogP contribution in [0.1, 0.15) is 11.1 Å². The summed E-state index contributed by atoms with van der Waals surface area (Å²) in [6, 6.07) is 68.6. The summed E-state index contributed by atoms with van der Waals surface area (Å²) in [5, 5.41) is 11.0. The number of fused-ring (bicyclic) bond motifs is 13. The minimum Gasteiger partial charge on any atom is -0.456 e. The van der Waals surface area contributed by atoms with E-state index in [-0.39, 0.29) is 0 Å². The molecule has 0 aliphatic heterocycles. The highest BCUT2D eigenvalue weighted by Crippen LogP contribution is 2.51. The van der Waals surface area contributed by atoms with E-state index in [1.54, 1.807) is 0 Å². The van der Waals surface area contributed by atoms with E-state index in [0.29, 0.717) is 0 Å². The van der Waals surface area contributed by atoms with E-state index in [1.165, 1.54) is 0 Å². The van der Waals surface area contributed by atoms with Crippen molar-refractivity contribution in [2.24, 2.45) is 0 Å². The average Bonchev–Trinajstić information content (AvgIpc) is 4.04. The van der Waals surface area contributed by atoms with Crippen LogP contribution < -0.4 is 9.80 Å². The first-order valence-electron chi connectivity index (χ1n) is 21.4. The SMILES string of the molecule is Cc1cccc2c1oc1c(N(c3ccccc3)c3cc4oc5cc(N(c6ccccc6)c6cccc7c6oc6c(C)cccc67)c6ccccc6c5c4c4ccccc34)cccc12. The number of aryl methyl sites for hydroxylation is 2. The Hall–Kier alpha value is -8.28. The molecule has 298 valence electrons. The van der Waals surface area contributed by atoms with Crippen molar-refractivity contribution in [3.8, 4) is 0 Å². The number of anilines is 6. The van der Waals surface area contributed by atoms with Crippen LogP contribution in [0.4, 0.5) is 34.1 Å². The Bertz CT molecular complexity index is 3700. The van der Waals surface area contributed by atoms with Gasteiger partial charge in [0.25, 0.3) is 0 Å². The van der Waals surface area contributed by atoms with Gasteiger partial charge in [0.15, 0.2) is 11.2 Å². The minimum absolute atomic E-state index is 0.802. The number of hydrogen-bond donors (Lipinski definition) is 0. The zero-order valence-electron chi connectivity index (χ0n) is 34.6. The third-order valence-electron chi connectivity index (χ3n) is 12.8. The molecule has 3 heterocycles. The van der Waals surface area contributed by atoms with E-state index in [1.807, 2.05) is 0 Å². The Morgan fingerprint density at radius 2 is 0.635 bits per heavy atom. The summed E-state index contributed by atoms with van der Waals surface area (Å²) in [5.74, 6) is 0. The summed E-state index contributed by atoms with van der Waals surface area (Å²) in [4.78, 5) is 4.65. The third kappa shape index (κ3) is 5.23. The normalized spacial score (nSPS) is 12.0. The number of nitrogens with zero attached hydrogens (tertiary/aromatic N) is 2. The number of hydrogen-bond acceptors (Lipinski definition) is 5. The van der Waals surface area contributed by atoms with E-state index in [2.05, 4.69) is 218 Å². The molecule has 0 bridgehead atoms. The van der Waals surface area contributed by atoms with Gasteiger partial charge < -0.3 is 23.1 Å². The van der Waals surface area contributed by atoms with Crippen molar-refractivity contribution < 1.29 is 13.3 Å². The van der Waals surface area contributed by atoms with E-state index >= 15 is 0 Å². The molecule has 0 fully saturated rings. The Morgan fingerprint density at radius 1 is 0.286 bits per heavy atom. The lowest BCUT2D eigenvalue weighted by Crippen LogP contribution is -2.11. The lowest BCUT2D eigenvalue weighted by atomic mass is 9.96. The molecule has 0 atom stereocenters. The smallest absolute Gasteiger partial charge is 0.159 e. The third-order valence-corrected chi connectivity index (χ3v) is 12.8. The first-order chi connectivity index (χ1) is 31.1. The molecule has 0 saturated carbocycles. The molecule has 0 unspecified atom stereocenters. The monoisotopic (exact) mass is 810 g/mol. The molecule has 0 spiro atoms. The van der Waals surface area contributed by atoms with Crippen LogP contribution in [-0.4, -0.2) is 0 Å². The summed E-state index contributed by atoms with van der Waals surface area (Å²) < 4.78 is 20.8. The lowest BCUT2D eigenvalue weighted by molar-refractivity contribution is 0.665. The summed E-state index contributed by atoms with van der Waals surface area (Å²) in [7, 11) is 0. The summed E-state index contributed by atoms with van der Waals surface area (Å²) >= 11 is 0. The second kappa shape index (κ2) is 13.6. The molecule has 5 heteroatoms. The van der Waals surface area contributed by atoms with Crippen molar-refractivity contribution in [2.75, 3.05) is 9.80 Å². The fourth-order valence-electron chi connectivity index (χ4n) is 10.0. The number of benzene rings is 10. The van der Waals surface area contributed by atoms with E-state index in [9.17, 15) is 0 Å². The van der Waals surface area contributed by atoms with Crippen LogP contribution in [0, 0.1) is 13.8 Å². The van der Waals surface area contributed by atoms with Gasteiger partial charge in [-0.2, -0.15) is 0 Å². The molecule has 0 amide bonds. The predicted molar refractivity (Wildman–Crippen MR) is 262 cm³/mol. The van der Waals surface area contributed by atoms with Gasteiger partial charge in [-0.15, -0.1) is 0 Å². The second-order valence-electron chi connectivity index (χ2n) is 16.5. The van der Waals surface area contributed by atoms with Crippen molar-refractivity contribution >= 4 is 121 Å². The molecule has 13 aromatic rings. The van der Waals surface area contributed by atoms with Crippen LogP contribution >= 0.6 is 0 Å². The molecule has 3 aromatic heterocycles. The van der Waals surface area contributed by atoms with Gasteiger partial charge in [-0.1, -0.05) is 146 Å². The second-order valence-corrected chi connectivity index (χ2v) is 16.5. The van der Waals surface area contributed by atoms with Gasteiger partial charge in [-0.3, -0.25) is 0 Å². The van der Waals surface area contributed by atoms with E-state index < -0.39 is 0 Å². The van der Waals surface area contributed by atoms with Gasteiger partial charge in [0.2, 0.25) is 0 Å². The zero-order chi connectivity index (χ0) is 41.8. The van der Waals surface area contributed by atoms with Gasteiger partial charge in [-0.25, -0.2) is 0 Å². The van der Waals surface area contributed by atoms with Gasteiger partial charge in [0, 0.05) is 66.6 Å². The van der Waals surface area contributed by atoms with Crippen molar-refractivity contribution in [3.05, 3.63) is 205 Å². The number of furan rings is 3. The summed E-state index contributed by atoms with van der Waals surface area (Å²) in [5.41, 5.74) is 13.2. The summed E-state index contributed by atoms with van der Waals surface area (Å²) in [6.07, 6.45) is 0. The Kier molecular flexibility index (Phi) is 7.67.